The van der Waals surface area contributed by atoms with Crippen LogP contribution >= 0.6 is 0 Å². The van der Waals surface area contributed by atoms with E-state index in [4.69, 9.17) is 10.5 Å². The number of nitrogens with zero attached hydrogens (tertiary/aromatic N) is 4. The Labute approximate surface area is 173 Å². The van der Waals surface area contributed by atoms with Crippen molar-refractivity contribution in [1.29, 1.82) is 0 Å². The Balaban J connectivity index is 1.77. The fraction of sp³-hybridized carbons (Fsp3) is 0.273. The summed E-state index contributed by atoms with van der Waals surface area (Å²) in [4.78, 5) is 26.8. The van der Waals surface area contributed by atoms with Gasteiger partial charge in [0.25, 0.3) is 5.91 Å². The summed E-state index contributed by atoms with van der Waals surface area (Å²) in [6, 6.07) is 9.00. The van der Waals surface area contributed by atoms with Crippen molar-refractivity contribution in [2.45, 2.75) is 18.9 Å². The van der Waals surface area contributed by atoms with Crippen LogP contribution in [0.2, 0.25) is 0 Å². The highest BCUT2D eigenvalue weighted by Crippen LogP contribution is 2.31. The molecule has 152 valence electrons. The second kappa shape index (κ2) is 7.28. The van der Waals surface area contributed by atoms with E-state index in [1.54, 1.807) is 39.3 Å². The van der Waals surface area contributed by atoms with Crippen molar-refractivity contribution < 1.29 is 14.6 Å². The molecule has 1 atom stereocenters. The standard InChI is InChI=1S/C22H21N5O3/c1-13-24-17-6-5-16(26-19(17)20(23)25-13)15-12-14(4-7-18(15)30-3)8-9-22(29)10-11-27(2)21(22)28/h4-7,12,29H,10-11H2,1-3H3,(H2,23,24,25)/t22-/m0/s1. The van der Waals surface area contributed by atoms with Gasteiger partial charge in [0, 0.05) is 31.1 Å². The first kappa shape index (κ1) is 19.6. The summed E-state index contributed by atoms with van der Waals surface area (Å²) in [5.41, 5.74) is 7.49. The number of amides is 1. The van der Waals surface area contributed by atoms with Crippen LogP contribution in [0, 0.1) is 18.8 Å². The summed E-state index contributed by atoms with van der Waals surface area (Å²) in [6.07, 6.45) is 0.281. The van der Waals surface area contributed by atoms with Gasteiger partial charge in [-0.1, -0.05) is 11.8 Å². The molecular weight excluding hydrogens is 382 g/mol. The molecule has 0 radical (unpaired) electrons. The number of likely N-dealkylation sites (tertiary alicyclic amines) is 1. The lowest BCUT2D eigenvalue weighted by molar-refractivity contribution is -0.137. The molecule has 3 aromatic rings. The van der Waals surface area contributed by atoms with Gasteiger partial charge >= 0.3 is 0 Å². The normalized spacial score (nSPS) is 18.4. The monoisotopic (exact) mass is 403 g/mol. The van der Waals surface area contributed by atoms with E-state index < -0.39 is 5.60 Å². The minimum atomic E-state index is -1.65. The number of carbonyl (C=O) groups is 1. The summed E-state index contributed by atoms with van der Waals surface area (Å²) in [5, 5.41) is 10.5. The maximum Gasteiger partial charge on any atom is 0.267 e. The second-order valence-corrected chi connectivity index (χ2v) is 7.22. The van der Waals surface area contributed by atoms with Gasteiger partial charge in [-0.2, -0.15) is 0 Å². The summed E-state index contributed by atoms with van der Waals surface area (Å²) < 4.78 is 5.48. The number of methoxy groups -OCH3 is 1. The summed E-state index contributed by atoms with van der Waals surface area (Å²) in [5.74, 6) is 6.75. The molecule has 1 aromatic carbocycles. The molecule has 0 spiro atoms. The van der Waals surface area contributed by atoms with E-state index in [0.717, 1.165) is 0 Å². The smallest absolute Gasteiger partial charge is 0.267 e. The third-order valence-electron chi connectivity index (χ3n) is 5.08. The molecule has 2 aromatic heterocycles. The van der Waals surface area contributed by atoms with Crippen molar-refractivity contribution in [2.75, 3.05) is 26.4 Å². The third kappa shape index (κ3) is 3.40. The highest BCUT2D eigenvalue weighted by molar-refractivity contribution is 5.90. The number of aliphatic hydroxyl groups is 1. The van der Waals surface area contributed by atoms with Gasteiger partial charge in [-0.3, -0.25) is 4.79 Å². The van der Waals surface area contributed by atoms with Crippen LogP contribution in [0.5, 0.6) is 5.75 Å². The Morgan fingerprint density at radius 3 is 2.73 bits per heavy atom. The van der Waals surface area contributed by atoms with Gasteiger partial charge < -0.3 is 20.5 Å². The maximum absolute atomic E-state index is 12.1. The molecule has 0 saturated carbocycles. The average Bonchev–Trinajstić information content (AvgIpc) is 2.99. The van der Waals surface area contributed by atoms with Crippen LogP contribution in [0.15, 0.2) is 30.3 Å². The zero-order valence-electron chi connectivity index (χ0n) is 16.9. The van der Waals surface area contributed by atoms with Crippen LogP contribution < -0.4 is 10.5 Å². The Morgan fingerprint density at radius 2 is 2.03 bits per heavy atom. The van der Waals surface area contributed by atoms with Crippen LogP contribution in [-0.4, -0.2) is 57.2 Å². The van der Waals surface area contributed by atoms with E-state index in [2.05, 4.69) is 26.8 Å². The van der Waals surface area contributed by atoms with Gasteiger partial charge in [0.2, 0.25) is 5.60 Å². The van der Waals surface area contributed by atoms with Crippen molar-refractivity contribution in [3.8, 4) is 28.8 Å². The number of benzene rings is 1. The summed E-state index contributed by atoms with van der Waals surface area (Å²) >= 11 is 0. The van der Waals surface area contributed by atoms with Crippen molar-refractivity contribution in [3.05, 3.63) is 41.7 Å². The Bertz CT molecular complexity index is 1230. The number of likely N-dealkylation sites (N-methyl/N-ethyl adjacent to an activating group) is 1. The minimum Gasteiger partial charge on any atom is -0.496 e. The number of pyridine rings is 1. The van der Waals surface area contributed by atoms with Crippen LogP contribution in [0.3, 0.4) is 0 Å². The zero-order chi connectivity index (χ0) is 21.5. The SMILES string of the molecule is COc1ccc(C#C[C@]2(O)CCN(C)C2=O)cc1-c1ccc2nc(C)nc(N)c2n1. The molecule has 0 unspecified atom stereocenters. The van der Waals surface area contributed by atoms with Crippen LogP contribution in [0.25, 0.3) is 22.3 Å². The molecule has 8 nitrogen and oxygen atoms in total. The topological polar surface area (TPSA) is 114 Å². The fourth-order valence-electron chi connectivity index (χ4n) is 3.44. The number of aryl methyl sites for hydroxylation is 1. The van der Waals surface area contributed by atoms with Crippen molar-refractivity contribution in [1.82, 2.24) is 19.9 Å². The Kier molecular flexibility index (Phi) is 4.76. The zero-order valence-corrected chi connectivity index (χ0v) is 16.9. The lowest BCUT2D eigenvalue weighted by atomic mass is 10.0. The van der Waals surface area contributed by atoms with E-state index in [1.807, 2.05) is 12.1 Å². The average molecular weight is 403 g/mol. The molecular formula is C22H21N5O3. The fourth-order valence-corrected chi connectivity index (χ4v) is 3.44. The quantitative estimate of drug-likeness (QED) is 0.624. The lowest BCUT2D eigenvalue weighted by Gasteiger charge is -2.13. The van der Waals surface area contributed by atoms with Crippen LogP contribution in [-0.2, 0) is 4.79 Å². The number of nitrogen functional groups attached to an aromatic ring is 1. The molecule has 1 saturated heterocycles. The number of anilines is 1. The van der Waals surface area contributed by atoms with Crippen LogP contribution in [0.4, 0.5) is 5.82 Å². The van der Waals surface area contributed by atoms with Gasteiger partial charge in [-0.15, -0.1) is 0 Å². The van der Waals surface area contributed by atoms with E-state index in [-0.39, 0.29) is 12.3 Å². The number of ether oxygens (including phenoxy) is 1. The largest absolute Gasteiger partial charge is 0.496 e. The first-order valence-electron chi connectivity index (χ1n) is 9.41. The van der Waals surface area contributed by atoms with Crippen LogP contribution in [0.1, 0.15) is 17.8 Å². The number of hydrogen-bond acceptors (Lipinski definition) is 7. The highest BCUT2D eigenvalue weighted by Gasteiger charge is 2.42. The number of carbonyl (C=O) groups excluding carboxylic acids is 1. The van der Waals surface area contributed by atoms with Gasteiger partial charge in [0.05, 0.1) is 18.3 Å². The first-order chi connectivity index (χ1) is 14.3. The summed E-state index contributed by atoms with van der Waals surface area (Å²) in [7, 11) is 3.22. The van der Waals surface area contributed by atoms with Gasteiger partial charge in [0.1, 0.15) is 17.1 Å². The highest BCUT2D eigenvalue weighted by atomic mass is 16.5. The number of nitrogens with two attached hydrogens (primary N) is 1. The molecule has 4 rings (SSSR count). The number of fused-ring (bicyclic) bond motifs is 1. The minimum absolute atomic E-state index is 0.281. The second-order valence-electron chi connectivity index (χ2n) is 7.22. The lowest BCUT2D eigenvalue weighted by Crippen LogP contribution is -2.37. The number of aromatic nitrogens is 3. The molecule has 30 heavy (non-hydrogen) atoms. The summed E-state index contributed by atoms with van der Waals surface area (Å²) in [6.45, 7) is 2.25. The Morgan fingerprint density at radius 1 is 1.23 bits per heavy atom. The predicted molar refractivity (Wildman–Crippen MR) is 113 cm³/mol. The number of hydrogen-bond donors (Lipinski definition) is 2. The Hall–Kier alpha value is -3.70. The molecule has 8 heteroatoms. The first-order valence-corrected chi connectivity index (χ1v) is 9.41. The maximum atomic E-state index is 12.1. The van der Waals surface area contributed by atoms with E-state index >= 15 is 0 Å². The van der Waals surface area contributed by atoms with Gasteiger partial charge in [-0.05, 0) is 37.3 Å². The molecule has 0 bridgehead atoms. The van der Waals surface area contributed by atoms with E-state index in [9.17, 15) is 9.90 Å². The molecule has 1 aliphatic heterocycles. The van der Waals surface area contributed by atoms with Gasteiger partial charge in [-0.25, -0.2) is 15.0 Å². The van der Waals surface area contributed by atoms with E-state index in [1.165, 1.54) is 4.90 Å². The molecule has 1 amide bonds. The third-order valence-corrected chi connectivity index (χ3v) is 5.08. The van der Waals surface area contributed by atoms with Crippen molar-refractivity contribution in [3.63, 3.8) is 0 Å². The molecule has 1 aliphatic rings. The number of rotatable bonds is 2. The molecule has 3 heterocycles. The predicted octanol–water partition coefficient (Wildman–Crippen LogP) is 1.54. The molecule has 3 N–H and O–H groups in total. The van der Waals surface area contributed by atoms with Gasteiger partial charge in [0.15, 0.2) is 5.82 Å². The van der Waals surface area contributed by atoms with Crippen molar-refractivity contribution in [2.24, 2.45) is 0 Å². The molecule has 1 fully saturated rings. The van der Waals surface area contributed by atoms with E-state index in [0.29, 0.717) is 51.8 Å². The molecule has 0 aliphatic carbocycles. The van der Waals surface area contributed by atoms with Crippen molar-refractivity contribution >= 4 is 22.8 Å².